The van der Waals surface area contributed by atoms with Crippen molar-refractivity contribution in [3.05, 3.63) is 0 Å². The number of aliphatic hydroxyl groups excluding tert-OH is 3. The smallest absolute Gasteiger partial charge is 0.187 e. The van der Waals surface area contributed by atoms with E-state index in [1.54, 1.807) is 0 Å². The third kappa shape index (κ3) is 3.15. The summed E-state index contributed by atoms with van der Waals surface area (Å²) in [5.74, 6) is 0. The lowest BCUT2D eigenvalue weighted by atomic mass is 9.97. The highest BCUT2D eigenvalue weighted by molar-refractivity contribution is 4.89. The summed E-state index contributed by atoms with van der Waals surface area (Å²) in [5, 5.41) is 29.0. The van der Waals surface area contributed by atoms with E-state index >= 15 is 0 Å². The Balaban J connectivity index is 2.71. The molecule has 1 rings (SSSR count). The van der Waals surface area contributed by atoms with Crippen molar-refractivity contribution < 1.29 is 24.8 Å². The maximum absolute atomic E-state index is 9.72. The van der Waals surface area contributed by atoms with Crippen LogP contribution in [0.4, 0.5) is 0 Å². The molecule has 0 spiro atoms. The fourth-order valence-electron chi connectivity index (χ4n) is 1.70. The Morgan fingerprint density at radius 2 is 1.62 bits per heavy atom. The Labute approximate surface area is 96.0 Å². The summed E-state index contributed by atoms with van der Waals surface area (Å²) in [7, 11) is 0. The second-order valence-corrected chi connectivity index (χ2v) is 5.15. The van der Waals surface area contributed by atoms with Crippen molar-refractivity contribution in [2.45, 2.75) is 70.4 Å². The first-order valence-corrected chi connectivity index (χ1v) is 5.63. The van der Waals surface area contributed by atoms with Gasteiger partial charge in [-0.3, -0.25) is 0 Å². The predicted molar refractivity (Wildman–Crippen MR) is 57.8 cm³/mol. The highest BCUT2D eigenvalue weighted by Gasteiger charge is 2.44. The topological polar surface area (TPSA) is 79.2 Å². The first-order valence-electron chi connectivity index (χ1n) is 5.63. The second kappa shape index (κ2) is 4.98. The Morgan fingerprint density at radius 1 is 1.06 bits per heavy atom. The molecule has 5 atom stereocenters. The number of hydrogen-bond donors (Lipinski definition) is 3. The minimum Gasteiger partial charge on any atom is -0.388 e. The minimum absolute atomic E-state index is 0.480. The van der Waals surface area contributed by atoms with E-state index in [-0.39, 0.29) is 0 Å². The molecule has 3 N–H and O–H groups in total. The molecule has 1 fully saturated rings. The molecule has 0 aromatic carbocycles. The van der Waals surface area contributed by atoms with Crippen molar-refractivity contribution in [3.63, 3.8) is 0 Å². The van der Waals surface area contributed by atoms with Crippen molar-refractivity contribution >= 4 is 0 Å². The van der Waals surface area contributed by atoms with E-state index in [4.69, 9.17) is 9.47 Å². The van der Waals surface area contributed by atoms with Gasteiger partial charge in [-0.1, -0.05) is 6.92 Å². The van der Waals surface area contributed by atoms with Gasteiger partial charge in [0, 0.05) is 0 Å². The van der Waals surface area contributed by atoms with Gasteiger partial charge in [-0.2, -0.15) is 0 Å². The normalized spacial score (nSPS) is 41.1. The molecule has 1 saturated heterocycles. The predicted octanol–water partition coefficient (Wildman–Crippen LogP) is 0.0191. The van der Waals surface area contributed by atoms with Gasteiger partial charge in [-0.25, -0.2) is 0 Å². The van der Waals surface area contributed by atoms with Crippen molar-refractivity contribution in [2.24, 2.45) is 0 Å². The number of rotatable bonds is 2. The van der Waals surface area contributed by atoms with Gasteiger partial charge in [-0.05, 0) is 27.2 Å². The molecule has 0 aliphatic carbocycles. The summed E-state index contributed by atoms with van der Waals surface area (Å²) >= 11 is 0. The standard InChI is InChI=1S/C11H22O5/c1-5-6-7(12)8(13)9(14)10(15-6)16-11(2,3)4/h6-10,12-14H,5H2,1-4H3/t6-,7-,8+,9+,10?/m1/s1. The molecule has 1 aliphatic heterocycles. The van der Waals surface area contributed by atoms with Crippen molar-refractivity contribution in [2.75, 3.05) is 0 Å². The number of aliphatic hydroxyl groups is 3. The van der Waals surface area contributed by atoms with Crippen LogP contribution in [0.5, 0.6) is 0 Å². The molecule has 0 saturated carbocycles. The van der Waals surface area contributed by atoms with E-state index in [1.807, 2.05) is 27.7 Å². The van der Waals surface area contributed by atoms with Crippen LogP contribution >= 0.6 is 0 Å². The first kappa shape index (κ1) is 13.9. The van der Waals surface area contributed by atoms with Gasteiger partial charge in [0.25, 0.3) is 0 Å². The van der Waals surface area contributed by atoms with E-state index in [0.717, 1.165) is 0 Å². The lowest BCUT2D eigenvalue weighted by molar-refractivity contribution is -0.317. The van der Waals surface area contributed by atoms with Gasteiger partial charge in [0.1, 0.15) is 18.3 Å². The van der Waals surface area contributed by atoms with Crippen LogP contribution in [0.2, 0.25) is 0 Å². The van der Waals surface area contributed by atoms with Crippen LogP contribution in [0.15, 0.2) is 0 Å². The second-order valence-electron chi connectivity index (χ2n) is 5.15. The van der Waals surface area contributed by atoms with Gasteiger partial charge < -0.3 is 24.8 Å². The van der Waals surface area contributed by atoms with Crippen molar-refractivity contribution in [1.82, 2.24) is 0 Å². The molecular formula is C11H22O5. The monoisotopic (exact) mass is 234 g/mol. The summed E-state index contributed by atoms with van der Waals surface area (Å²) in [4.78, 5) is 0. The van der Waals surface area contributed by atoms with Crippen LogP contribution in [0.1, 0.15) is 34.1 Å². The molecule has 0 aromatic rings. The molecule has 1 aliphatic rings. The highest BCUT2D eigenvalue weighted by atomic mass is 16.7. The van der Waals surface area contributed by atoms with Crippen molar-refractivity contribution in [3.8, 4) is 0 Å². The molecule has 0 bridgehead atoms. The van der Waals surface area contributed by atoms with E-state index < -0.39 is 36.3 Å². The molecule has 5 heteroatoms. The fraction of sp³-hybridized carbons (Fsp3) is 1.00. The van der Waals surface area contributed by atoms with E-state index in [9.17, 15) is 15.3 Å². The molecule has 5 nitrogen and oxygen atoms in total. The van der Waals surface area contributed by atoms with Gasteiger partial charge in [0.05, 0.1) is 11.7 Å². The van der Waals surface area contributed by atoms with E-state index in [2.05, 4.69) is 0 Å². The van der Waals surface area contributed by atoms with Crippen LogP contribution < -0.4 is 0 Å². The molecule has 1 heterocycles. The van der Waals surface area contributed by atoms with Crippen LogP contribution in [0.3, 0.4) is 0 Å². The van der Waals surface area contributed by atoms with Crippen LogP contribution in [0.25, 0.3) is 0 Å². The first-order chi connectivity index (χ1) is 7.26. The molecule has 0 aromatic heterocycles. The average Bonchev–Trinajstić information content (AvgIpc) is 2.17. The Kier molecular flexibility index (Phi) is 4.31. The minimum atomic E-state index is -1.23. The zero-order valence-electron chi connectivity index (χ0n) is 10.3. The van der Waals surface area contributed by atoms with Gasteiger partial charge in [0.15, 0.2) is 6.29 Å². The van der Waals surface area contributed by atoms with Gasteiger partial charge in [0.2, 0.25) is 0 Å². The summed E-state index contributed by atoms with van der Waals surface area (Å²) in [6.45, 7) is 7.34. The molecule has 0 radical (unpaired) electrons. The van der Waals surface area contributed by atoms with Crippen LogP contribution in [0, 0.1) is 0 Å². The summed E-state index contributed by atoms with van der Waals surface area (Å²) in [6.07, 6.45) is -4.38. The lowest BCUT2D eigenvalue weighted by Crippen LogP contribution is -2.59. The molecule has 16 heavy (non-hydrogen) atoms. The molecule has 1 unspecified atom stereocenters. The third-order valence-corrected chi connectivity index (χ3v) is 2.54. The van der Waals surface area contributed by atoms with E-state index in [0.29, 0.717) is 6.42 Å². The molecular weight excluding hydrogens is 212 g/mol. The summed E-state index contributed by atoms with van der Waals surface area (Å²) in [5.41, 5.74) is -0.480. The Bertz CT molecular complexity index is 223. The van der Waals surface area contributed by atoms with Crippen LogP contribution in [-0.2, 0) is 9.47 Å². The highest BCUT2D eigenvalue weighted by Crippen LogP contribution is 2.26. The number of hydrogen-bond acceptors (Lipinski definition) is 5. The number of ether oxygens (including phenoxy) is 2. The fourth-order valence-corrected chi connectivity index (χ4v) is 1.70. The maximum Gasteiger partial charge on any atom is 0.187 e. The third-order valence-electron chi connectivity index (χ3n) is 2.54. The quantitative estimate of drug-likeness (QED) is 0.627. The zero-order valence-corrected chi connectivity index (χ0v) is 10.3. The van der Waals surface area contributed by atoms with Gasteiger partial charge in [-0.15, -0.1) is 0 Å². The molecule has 0 amide bonds. The maximum atomic E-state index is 9.72. The van der Waals surface area contributed by atoms with E-state index in [1.165, 1.54) is 0 Å². The van der Waals surface area contributed by atoms with Crippen LogP contribution in [-0.4, -0.2) is 51.6 Å². The average molecular weight is 234 g/mol. The SMILES string of the molecule is CC[C@H]1OC(OC(C)(C)C)[C@@H](O)[C@@H](O)[C@@H]1O. The Morgan fingerprint density at radius 3 is 2.06 bits per heavy atom. The molecule has 96 valence electrons. The zero-order chi connectivity index (χ0) is 12.5. The van der Waals surface area contributed by atoms with Crippen molar-refractivity contribution in [1.29, 1.82) is 0 Å². The lowest BCUT2D eigenvalue weighted by Gasteiger charge is -2.42. The van der Waals surface area contributed by atoms with Gasteiger partial charge >= 0.3 is 0 Å². The largest absolute Gasteiger partial charge is 0.388 e. The summed E-state index contributed by atoms with van der Waals surface area (Å²) < 4.78 is 10.9. The Hall–Kier alpha value is -0.200. The summed E-state index contributed by atoms with van der Waals surface area (Å²) in [6, 6.07) is 0.